The molecule has 2 heterocycles. The molecule has 8 nitrogen and oxygen atoms in total. The number of hydrogen-bond donors (Lipinski definition) is 4. The minimum atomic E-state index is -1.39. The van der Waals surface area contributed by atoms with E-state index in [-0.39, 0.29) is 0 Å². The molecule has 1 saturated heterocycles. The van der Waals surface area contributed by atoms with Crippen molar-refractivity contribution in [3.05, 3.63) is 32.1 Å². The third kappa shape index (κ3) is 2.01. The highest BCUT2D eigenvalue weighted by molar-refractivity contribution is 5.15. The van der Waals surface area contributed by atoms with Crippen molar-refractivity contribution in [2.75, 3.05) is 6.61 Å². The lowest BCUT2D eigenvalue weighted by Gasteiger charge is -2.25. The van der Waals surface area contributed by atoms with E-state index in [0.717, 1.165) is 4.57 Å². The number of ether oxygens (including phenoxy) is 1. The average Bonchev–Trinajstić information content (AvgIpc) is 2.62. The molecule has 1 aliphatic rings. The summed E-state index contributed by atoms with van der Waals surface area (Å²) in [5.74, 6) is 0. The molecule has 0 unspecified atom stereocenters. The number of aromatic amines is 1. The predicted molar refractivity (Wildman–Crippen MR) is 68.4 cm³/mol. The number of aliphatic hydroxyl groups is 3. The topological polar surface area (TPSA) is 125 Å². The van der Waals surface area contributed by atoms with Gasteiger partial charge in [-0.3, -0.25) is 14.3 Å². The van der Waals surface area contributed by atoms with E-state index in [9.17, 15) is 24.9 Å². The maximum Gasteiger partial charge on any atom is 0.330 e. The van der Waals surface area contributed by atoms with Crippen LogP contribution in [0.4, 0.5) is 0 Å². The van der Waals surface area contributed by atoms with Gasteiger partial charge in [0.25, 0.3) is 5.56 Å². The Labute approximate surface area is 114 Å². The van der Waals surface area contributed by atoms with Crippen molar-refractivity contribution in [1.29, 1.82) is 0 Å². The van der Waals surface area contributed by atoms with E-state index in [4.69, 9.17) is 4.74 Å². The van der Waals surface area contributed by atoms with Crippen molar-refractivity contribution in [1.82, 2.24) is 9.55 Å². The van der Waals surface area contributed by atoms with Gasteiger partial charge in [-0.1, -0.05) is 0 Å². The van der Waals surface area contributed by atoms with Crippen LogP contribution >= 0.6 is 0 Å². The first-order chi connectivity index (χ1) is 9.23. The van der Waals surface area contributed by atoms with Gasteiger partial charge < -0.3 is 20.1 Å². The van der Waals surface area contributed by atoms with E-state index in [1.807, 2.05) is 0 Å². The number of nitrogens with zero attached hydrogens (tertiary/aromatic N) is 1. The standard InChI is InChI=1S/C12H18N2O6/c1-5-6(2)14(11(19)13-9(5)18)10-7(16)8(17)12(3,4-15)20-10/h7-8,10,15-17H,4H2,1-3H3,(H,13,18,19)/t7-,8+,10-,12-/m1/s1. The highest BCUT2D eigenvalue weighted by atomic mass is 16.6. The van der Waals surface area contributed by atoms with Crippen molar-refractivity contribution in [2.45, 2.75) is 44.8 Å². The van der Waals surface area contributed by atoms with Gasteiger partial charge in [-0.15, -0.1) is 0 Å². The maximum atomic E-state index is 11.9. The summed E-state index contributed by atoms with van der Waals surface area (Å²) >= 11 is 0. The fraction of sp³-hybridized carbons (Fsp3) is 0.667. The smallest absolute Gasteiger partial charge is 0.330 e. The predicted octanol–water partition coefficient (Wildman–Crippen LogP) is -1.84. The van der Waals surface area contributed by atoms with Crippen molar-refractivity contribution >= 4 is 0 Å². The van der Waals surface area contributed by atoms with Crippen LogP contribution in [-0.2, 0) is 4.74 Å². The second kappa shape index (κ2) is 4.81. The highest BCUT2D eigenvalue weighted by Gasteiger charge is 2.52. The summed E-state index contributed by atoms with van der Waals surface area (Å²) in [5, 5.41) is 29.3. The minimum Gasteiger partial charge on any atom is -0.393 e. The van der Waals surface area contributed by atoms with E-state index in [1.165, 1.54) is 13.8 Å². The molecule has 0 radical (unpaired) electrons. The van der Waals surface area contributed by atoms with Gasteiger partial charge in [-0.05, 0) is 20.8 Å². The first kappa shape index (κ1) is 14.9. The van der Waals surface area contributed by atoms with Crippen LogP contribution in [0, 0.1) is 13.8 Å². The summed E-state index contributed by atoms with van der Waals surface area (Å²) < 4.78 is 6.53. The van der Waals surface area contributed by atoms with Gasteiger partial charge in [-0.25, -0.2) is 4.79 Å². The van der Waals surface area contributed by atoms with E-state index in [1.54, 1.807) is 6.92 Å². The molecular weight excluding hydrogens is 268 g/mol. The average molecular weight is 286 g/mol. The normalized spacial score (nSPS) is 33.6. The molecular formula is C12H18N2O6. The minimum absolute atomic E-state index is 0.312. The van der Waals surface area contributed by atoms with Crippen molar-refractivity contribution < 1.29 is 20.1 Å². The van der Waals surface area contributed by atoms with Gasteiger partial charge >= 0.3 is 5.69 Å². The molecule has 1 aromatic heterocycles. The Kier molecular flexibility index (Phi) is 3.59. The molecule has 0 aromatic carbocycles. The summed E-state index contributed by atoms with van der Waals surface area (Å²) in [6.07, 6.45) is -3.92. The number of aromatic nitrogens is 2. The van der Waals surface area contributed by atoms with Crippen LogP contribution in [0.5, 0.6) is 0 Å². The number of rotatable bonds is 2. The van der Waals surface area contributed by atoms with Gasteiger partial charge in [0.05, 0.1) is 6.61 Å². The first-order valence-electron chi connectivity index (χ1n) is 6.20. The van der Waals surface area contributed by atoms with Crippen LogP contribution in [0.15, 0.2) is 9.59 Å². The zero-order valence-electron chi connectivity index (χ0n) is 11.5. The van der Waals surface area contributed by atoms with Crippen LogP contribution in [0.2, 0.25) is 0 Å². The summed E-state index contributed by atoms with van der Waals surface area (Å²) in [5.41, 5.74) is -1.98. The number of nitrogens with one attached hydrogen (secondary N) is 1. The van der Waals surface area contributed by atoms with Gasteiger partial charge in [0.2, 0.25) is 0 Å². The number of aliphatic hydroxyl groups excluding tert-OH is 3. The van der Waals surface area contributed by atoms with Crippen molar-refractivity contribution in [2.24, 2.45) is 0 Å². The largest absolute Gasteiger partial charge is 0.393 e. The highest BCUT2D eigenvalue weighted by Crippen LogP contribution is 2.36. The van der Waals surface area contributed by atoms with Crippen LogP contribution in [0.3, 0.4) is 0 Å². The fourth-order valence-corrected chi connectivity index (χ4v) is 2.32. The number of hydrogen-bond acceptors (Lipinski definition) is 6. The zero-order valence-corrected chi connectivity index (χ0v) is 11.5. The van der Waals surface area contributed by atoms with E-state index >= 15 is 0 Å². The quantitative estimate of drug-likeness (QED) is 0.506. The molecule has 112 valence electrons. The van der Waals surface area contributed by atoms with Gasteiger partial charge in [0.15, 0.2) is 6.23 Å². The van der Waals surface area contributed by atoms with Gasteiger partial charge in [0, 0.05) is 11.3 Å². The molecule has 0 saturated carbocycles. The second-order valence-electron chi connectivity index (χ2n) is 5.25. The molecule has 0 spiro atoms. The lowest BCUT2D eigenvalue weighted by atomic mass is 9.98. The monoisotopic (exact) mass is 286 g/mol. The van der Waals surface area contributed by atoms with E-state index in [0.29, 0.717) is 11.3 Å². The zero-order chi connectivity index (χ0) is 15.2. The Bertz CT molecular complexity index is 636. The van der Waals surface area contributed by atoms with Crippen molar-refractivity contribution in [3.63, 3.8) is 0 Å². The molecule has 0 amide bonds. The lowest BCUT2D eigenvalue weighted by Crippen LogP contribution is -2.43. The molecule has 1 aromatic rings. The van der Waals surface area contributed by atoms with Crippen molar-refractivity contribution in [3.8, 4) is 0 Å². The molecule has 20 heavy (non-hydrogen) atoms. The Hall–Kier alpha value is -1.48. The Balaban J connectivity index is 2.57. The summed E-state index contributed by atoms with van der Waals surface area (Å²) in [6, 6.07) is 0. The summed E-state index contributed by atoms with van der Waals surface area (Å²) in [4.78, 5) is 25.5. The molecule has 1 fully saturated rings. The third-order valence-electron chi connectivity index (χ3n) is 3.88. The molecule has 1 aliphatic heterocycles. The molecule has 4 atom stereocenters. The molecule has 8 heteroatoms. The molecule has 2 rings (SSSR count). The summed E-state index contributed by atoms with van der Waals surface area (Å²) in [7, 11) is 0. The Morgan fingerprint density at radius 3 is 2.45 bits per heavy atom. The second-order valence-corrected chi connectivity index (χ2v) is 5.25. The van der Waals surface area contributed by atoms with E-state index in [2.05, 4.69) is 4.98 Å². The molecule has 0 bridgehead atoms. The summed E-state index contributed by atoms with van der Waals surface area (Å²) in [6.45, 7) is 3.99. The molecule has 0 aliphatic carbocycles. The Morgan fingerprint density at radius 1 is 1.35 bits per heavy atom. The van der Waals surface area contributed by atoms with Crippen LogP contribution in [-0.4, -0.2) is 49.3 Å². The maximum absolute atomic E-state index is 11.9. The lowest BCUT2D eigenvalue weighted by molar-refractivity contribution is -0.118. The van der Waals surface area contributed by atoms with Crippen LogP contribution in [0.25, 0.3) is 0 Å². The van der Waals surface area contributed by atoms with Crippen LogP contribution < -0.4 is 11.2 Å². The van der Waals surface area contributed by atoms with Gasteiger partial charge in [-0.2, -0.15) is 0 Å². The van der Waals surface area contributed by atoms with Crippen LogP contribution in [0.1, 0.15) is 24.4 Å². The van der Waals surface area contributed by atoms with E-state index < -0.39 is 41.9 Å². The first-order valence-corrected chi connectivity index (χ1v) is 6.20. The Morgan fingerprint density at radius 2 is 1.95 bits per heavy atom. The SMILES string of the molecule is Cc1c(C)n([C@@H]2O[C@](C)(CO)[C@@H](O)[C@H]2O)c(=O)[nH]c1=O. The molecule has 4 N–H and O–H groups in total. The number of H-pyrrole nitrogens is 1. The van der Waals surface area contributed by atoms with Gasteiger partial charge in [0.1, 0.15) is 17.8 Å². The fourth-order valence-electron chi connectivity index (χ4n) is 2.32. The third-order valence-corrected chi connectivity index (χ3v) is 3.88.